The largest absolute Gasteiger partial charge is 0.497 e. The van der Waals surface area contributed by atoms with Crippen molar-refractivity contribution < 1.29 is 9.15 Å². The summed E-state index contributed by atoms with van der Waals surface area (Å²) in [6, 6.07) is 16.2. The number of aromatic nitrogens is 2. The standard InChI is InChI=1S/C21H20N4O2/c1-26-16-6-4-5-15(13-16)24-9-11-25(12-10-24)21-20-19(22-14-23-21)17-7-2-3-8-18(17)27-20/h2-8,13-14H,9-12H2,1H3. The molecule has 0 atom stereocenters. The minimum absolute atomic E-state index is 0.772. The van der Waals surface area contributed by atoms with Gasteiger partial charge in [-0.3, -0.25) is 0 Å². The Balaban J connectivity index is 1.42. The molecule has 6 nitrogen and oxygen atoms in total. The fourth-order valence-electron chi connectivity index (χ4n) is 3.72. The molecule has 0 bridgehead atoms. The molecule has 0 unspecified atom stereocenters. The molecule has 1 aliphatic rings. The van der Waals surface area contributed by atoms with Crippen LogP contribution in [0.4, 0.5) is 11.5 Å². The monoisotopic (exact) mass is 360 g/mol. The van der Waals surface area contributed by atoms with Crippen LogP contribution in [0, 0.1) is 0 Å². The molecule has 3 heterocycles. The van der Waals surface area contributed by atoms with Crippen molar-refractivity contribution in [1.29, 1.82) is 0 Å². The van der Waals surface area contributed by atoms with Crippen LogP contribution in [-0.2, 0) is 0 Å². The third kappa shape index (κ3) is 2.73. The van der Waals surface area contributed by atoms with Crippen molar-refractivity contribution in [3.05, 3.63) is 54.9 Å². The van der Waals surface area contributed by atoms with E-state index in [1.54, 1.807) is 13.4 Å². The van der Waals surface area contributed by atoms with Gasteiger partial charge in [0.2, 0.25) is 0 Å². The molecule has 1 aliphatic heterocycles. The molecule has 1 fully saturated rings. The lowest BCUT2D eigenvalue weighted by Gasteiger charge is -2.36. The van der Waals surface area contributed by atoms with Gasteiger partial charge in [-0.05, 0) is 24.3 Å². The summed E-state index contributed by atoms with van der Waals surface area (Å²) in [6.45, 7) is 3.58. The summed E-state index contributed by atoms with van der Waals surface area (Å²) in [5, 5.41) is 1.03. The van der Waals surface area contributed by atoms with Gasteiger partial charge in [0.15, 0.2) is 11.4 Å². The van der Waals surface area contributed by atoms with Gasteiger partial charge in [-0.15, -0.1) is 0 Å². The van der Waals surface area contributed by atoms with Crippen LogP contribution in [0.3, 0.4) is 0 Å². The van der Waals surface area contributed by atoms with E-state index in [1.165, 1.54) is 5.69 Å². The van der Waals surface area contributed by atoms with Crippen LogP contribution in [-0.4, -0.2) is 43.3 Å². The minimum atomic E-state index is 0.772. The quantitative estimate of drug-likeness (QED) is 0.555. The van der Waals surface area contributed by atoms with Crippen LogP contribution in [0.1, 0.15) is 0 Å². The molecule has 0 saturated carbocycles. The first-order valence-corrected chi connectivity index (χ1v) is 9.10. The normalized spacial score (nSPS) is 14.9. The van der Waals surface area contributed by atoms with E-state index in [9.17, 15) is 0 Å². The first kappa shape index (κ1) is 15.9. The predicted octanol–water partition coefficient (Wildman–Crippen LogP) is 3.71. The Hall–Kier alpha value is -3.28. The Morgan fingerprint density at radius 1 is 0.926 bits per heavy atom. The van der Waals surface area contributed by atoms with E-state index in [1.807, 2.05) is 36.4 Å². The molecule has 27 heavy (non-hydrogen) atoms. The number of hydrogen-bond acceptors (Lipinski definition) is 6. The molecule has 0 spiro atoms. The first-order valence-electron chi connectivity index (χ1n) is 9.10. The Bertz CT molecular complexity index is 1100. The second-order valence-corrected chi connectivity index (χ2v) is 6.65. The number of benzene rings is 2. The molecular weight excluding hydrogens is 340 g/mol. The Labute approximate surface area is 157 Å². The zero-order valence-corrected chi connectivity index (χ0v) is 15.1. The van der Waals surface area contributed by atoms with Gasteiger partial charge >= 0.3 is 0 Å². The number of piperazine rings is 1. The SMILES string of the molecule is COc1cccc(N2CCN(c3ncnc4c3oc3ccccc34)CC2)c1. The summed E-state index contributed by atoms with van der Waals surface area (Å²) in [5.74, 6) is 1.76. The Morgan fingerprint density at radius 2 is 1.74 bits per heavy atom. The highest BCUT2D eigenvalue weighted by atomic mass is 16.5. The van der Waals surface area contributed by atoms with Crippen molar-refractivity contribution in [3.8, 4) is 5.75 Å². The third-order valence-electron chi connectivity index (χ3n) is 5.14. The Kier molecular flexibility index (Phi) is 3.81. The number of anilines is 2. The van der Waals surface area contributed by atoms with Gasteiger partial charge in [-0.25, -0.2) is 9.97 Å². The zero-order valence-electron chi connectivity index (χ0n) is 15.1. The van der Waals surface area contributed by atoms with E-state index in [0.29, 0.717) is 0 Å². The van der Waals surface area contributed by atoms with Crippen LogP contribution in [0.2, 0.25) is 0 Å². The molecular formula is C21H20N4O2. The van der Waals surface area contributed by atoms with Gasteiger partial charge < -0.3 is 19.0 Å². The Morgan fingerprint density at radius 3 is 2.59 bits per heavy atom. The van der Waals surface area contributed by atoms with E-state index in [0.717, 1.165) is 59.8 Å². The lowest BCUT2D eigenvalue weighted by molar-refractivity contribution is 0.414. The highest BCUT2D eigenvalue weighted by molar-refractivity contribution is 6.05. The number of methoxy groups -OCH3 is 1. The van der Waals surface area contributed by atoms with E-state index >= 15 is 0 Å². The van der Waals surface area contributed by atoms with Gasteiger partial charge in [0.25, 0.3) is 0 Å². The van der Waals surface area contributed by atoms with Gasteiger partial charge in [0.05, 0.1) is 7.11 Å². The van der Waals surface area contributed by atoms with E-state index in [-0.39, 0.29) is 0 Å². The molecule has 6 heteroatoms. The minimum Gasteiger partial charge on any atom is -0.497 e. The van der Waals surface area contributed by atoms with Crippen LogP contribution >= 0.6 is 0 Å². The molecule has 1 saturated heterocycles. The number of nitrogens with zero attached hydrogens (tertiary/aromatic N) is 4. The number of hydrogen-bond donors (Lipinski definition) is 0. The van der Waals surface area contributed by atoms with Crippen molar-refractivity contribution in [3.63, 3.8) is 0 Å². The summed E-state index contributed by atoms with van der Waals surface area (Å²) in [6.07, 6.45) is 1.63. The molecule has 0 N–H and O–H groups in total. The highest BCUT2D eigenvalue weighted by Gasteiger charge is 2.23. The predicted molar refractivity (Wildman–Crippen MR) is 107 cm³/mol. The van der Waals surface area contributed by atoms with E-state index < -0.39 is 0 Å². The van der Waals surface area contributed by atoms with Gasteiger partial charge in [0.1, 0.15) is 23.2 Å². The summed E-state index contributed by atoms with van der Waals surface area (Å²) in [7, 11) is 1.70. The van der Waals surface area contributed by atoms with Crippen LogP contribution < -0.4 is 14.5 Å². The average Bonchev–Trinajstić information content (AvgIpc) is 3.13. The van der Waals surface area contributed by atoms with Gasteiger partial charge in [-0.1, -0.05) is 18.2 Å². The zero-order chi connectivity index (χ0) is 18.2. The molecule has 5 rings (SSSR count). The first-order chi connectivity index (χ1) is 13.3. The summed E-state index contributed by atoms with van der Waals surface area (Å²) in [5.41, 5.74) is 3.69. The van der Waals surface area contributed by atoms with Crippen molar-refractivity contribution in [2.75, 3.05) is 43.1 Å². The maximum absolute atomic E-state index is 6.08. The van der Waals surface area contributed by atoms with Crippen molar-refractivity contribution in [2.45, 2.75) is 0 Å². The van der Waals surface area contributed by atoms with Crippen LogP contribution in [0.15, 0.2) is 59.3 Å². The number of para-hydroxylation sites is 1. The smallest absolute Gasteiger partial charge is 0.196 e. The molecule has 0 amide bonds. The number of fused-ring (bicyclic) bond motifs is 3. The second kappa shape index (κ2) is 6.46. The lowest BCUT2D eigenvalue weighted by atomic mass is 10.2. The van der Waals surface area contributed by atoms with Crippen LogP contribution in [0.5, 0.6) is 5.75 Å². The topological polar surface area (TPSA) is 54.6 Å². The highest BCUT2D eigenvalue weighted by Crippen LogP contribution is 2.32. The van der Waals surface area contributed by atoms with Crippen molar-refractivity contribution in [1.82, 2.24) is 9.97 Å². The second-order valence-electron chi connectivity index (χ2n) is 6.65. The van der Waals surface area contributed by atoms with Gasteiger partial charge in [-0.2, -0.15) is 0 Å². The van der Waals surface area contributed by atoms with Crippen molar-refractivity contribution >= 4 is 33.6 Å². The molecule has 2 aromatic heterocycles. The fraction of sp³-hybridized carbons (Fsp3) is 0.238. The van der Waals surface area contributed by atoms with E-state index in [4.69, 9.17) is 9.15 Å². The molecule has 0 aliphatic carbocycles. The maximum Gasteiger partial charge on any atom is 0.196 e. The number of rotatable bonds is 3. The van der Waals surface area contributed by atoms with Gasteiger partial charge in [0, 0.05) is 43.3 Å². The fourth-order valence-corrected chi connectivity index (χ4v) is 3.72. The maximum atomic E-state index is 6.08. The van der Waals surface area contributed by atoms with Crippen molar-refractivity contribution in [2.24, 2.45) is 0 Å². The molecule has 136 valence electrons. The molecule has 2 aromatic carbocycles. The van der Waals surface area contributed by atoms with Crippen LogP contribution in [0.25, 0.3) is 22.1 Å². The molecule has 0 radical (unpaired) electrons. The molecule has 4 aromatic rings. The summed E-state index contributed by atoms with van der Waals surface area (Å²) in [4.78, 5) is 13.6. The summed E-state index contributed by atoms with van der Waals surface area (Å²) < 4.78 is 11.4. The summed E-state index contributed by atoms with van der Waals surface area (Å²) >= 11 is 0. The number of furan rings is 1. The van der Waals surface area contributed by atoms with E-state index in [2.05, 4.69) is 31.9 Å². The number of ether oxygens (including phenoxy) is 1. The third-order valence-corrected chi connectivity index (χ3v) is 5.14. The average molecular weight is 360 g/mol. The lowest BCUT2D eigenvalue weighted by Crippen LogP contribution is -2.46.